The van der Waals surface area contributed by atoms with Crippen LogP contribution in [0.2, 0.25) is 24.1 Å². The van der Waals surface area contributed by atoms with Gasteiger partial charge in [0.25, 0.3) is 0 Å². The molecule has 2 aliphatic heterocycles. The Morgan fingerprint density at radius 3 is 0.737 bits per heavy atom. The molecular formula is C90H80Cl2O4Si2Zr. The van der Waals surface area contributed by atoms with Crippen molar-refractivity contribution in [2.45, 2.75) is 75.4 Å². The minimum atomic E-state index is -7.76. The number of hydrogen-bond donors (Lipinski definition) is 0. The monoisotopic (exact) mass is 1440 g/mol. The fourth-order valence-corrected chi connectivity index (χ4v) is 148. The van der Waals surface area contributed by atoms with Crippen LogP contribution in [0.4, 0.5) is 0 Å². The van der Waals surface area contributed by atoms with E-state index in [1.54, 1.807) is 28.4 Å². The van der Waals surface area contributed by atoms with Crippen LogP contribution in [0.25, 0.3) is 43.1 Å². The molecule has 2 saturated heterocycles. The molecule has 8 aromatic rings. The third-order valence-corrected chi connectivity index (χ3v) is 112. The first-order valence-corrected chi connectivity index (χ1v) is 51.0. The average Bonchev–Trinajstić information content (AvgIpc) is 1.52. The summed E-state index contributed by atoms with van der Waals surface area (Å²) in [4.78, 5) is 0. The summed E-state index contributed by atoms with van der Waals surface area (Å²) in [6, 6.07) is 54.0. The molecule has 0 bridgehead atoms. The zero-order valence-electron chi connectivity index (χ0n) is 57.8. The van der Waals surface area contributed by atoms with Gasteiger partial charge in [0, 0.05) is 0 Å². The van der Waals surface area contributed by atoms with Crippen molar-refractivity contribution in [1.29, 1.82) is 0 Å². The number of methoxy groups -OCH3 is 4. The van der Waals surface area contributed by atoms with Crippen LogP contribution < -0.4 is 18.9 Å². The van der Waals surface area contributed by atoms with Gasteiger partial charge in [-0.05, 0) is 0 Å². The van der Waals surface area contributed by atoms with Gasteiger partial charge in [0.05, 0.1) is 0 Å². The molecule has 0 N–H and O–H groups in total. The normalized spacial score (nSPS) is 30.3. The van der Waals surface area contributed by atoms with E-state index in [1.807, 2.05) is 0 Å². The van der Waals surface area contributed by atoms with E-state index >= 15 is 0 Å². The van der Waals surface area contributed by atoms with Gasteiger partial charge >= 0.3 is 595 Å². The summed E-state index contributed by atoms with van der Waals surface area (Å²) in [7, 11) is 24.9. The third-order valence-electron chi connectivity index (χ3n) is 26.8. The molecule has 8 atom stereocenters. The van der Waals surface area contributed by atoms with E-state index in [4.69, 9.17) is 18.9 Å². The molecule has 99 heavy (non-hydrogen) atoms. The standard InChI is InChI=1S/2C45H40O2Si.2ClH.Zr/c2*1-28-22-42-38(34-16-14-32-26-36(46-3)20-18-30(32)24-34)10-6-8-12-40(42)44(28)48(5)45-29(2)23-43-39(11-7-9-13-41(43)45)35-17-15-33-27-37(47-4)21-19-31(33)25-35;;;/h2*6-27,38-39,48H,1-5H3;2*1H;/q;;;;+2/p-2. The van der Waals surface area contributed by atoms with Crippen molar-refractivity contribution in [3.05, 3.63) is 356 Å². The Morgan fingerprint density at radius 2 is 0.515 bits per heavy atom. The van der Waals surface area contributed by atoms with E-state index < -0.39 is 43.5 Å². The third kappa shape index (κ3) is 7.11. The van der Waals surface area contributed by atoms with Gasteiger partial charge in [0.2, 0.25) is 0 Å². The Bertz CT molecular complexity index is 4930. The van der Waals surface area contributed by atoms with E-state index in [2.05, 4.69) is 308 Å². The van der Waals surface area contributed by atoms with E-state index in [0.29, 0.717) is 0 Å². The molecule has 8 aromatic carbocycles. The van der Waals surface area contributed by atoms with Gasteiger partial charge in [-0.3, -0.25) is 0 Å². The Hall–Kier alpha value is -8.26. The van der Waals surface area contributed by atoms with Crippen molar-refractivity contribution in [2.75, 3.05) is 28.4 Å². The zero-order valence-corrected chi connectivity index (χ0v) is 64.0. The van der Waals surface area contributed by atoms with Crippen molar-refractivity contribution in [3.63, 3.8) is 0 Å². The van der Waals surface area contributed by atoms with Crippen molar-refractivity contribution in [1.82, 2.24) is 0 Å². The summed E-state index contributed by atoms with van der Waals surface area (Å²) >= 11 is -7.76. The van der Waals surface area contributed by atoms with Crippen LogP contribution in [0.5, 0.6) is 23.0 Å². The van der Waals surface area contributed by atoms with Crippen molar-refractivity contribution < 1.29 is 33.9 Å². The van der Waals surface area contributed by atoms with Crippen LogP contribution in [0.3, 0.4) is 0 Å². The molecule has 8 unspecified atom stereocenters. The van der Waals surface area contributed by atoms with Crippen LogP contribution in [-0.2, 0) is 14.9 Å². The molecule has 0 aromatic heterocycles. The number of allylic oxidation sites excluding steroid dienone is 32. The van der Waals surface area contributed by atoms with Crippen LogP contribution in [0.1, 0.15) is 73.6 Å². The van der Waals surface area contributed by atoms with E-state index in [0.717, 1.165) is 44.5 Å². The van der Waals surface area contributed by atoms with Crippen molar-refractivity contribution in [2.24, 2.45) is 0 Å². The van der Waals surface area contributed by atoms with Crippen molar-refractivity contribution in [3.8, 4) is 23.0 Å². The maximum atomic E-state index is 11.6. The number of halogens is 2. The number of benzene rings is 8. The van der Waals surface area contributed by atoms with Gasteiger partial charge < -0.3 is 0 Å². The van der Waals surface area contributed by atoms with Gasteiger partial charge in [-0.25, -0.2) is 0 Å². The van der Waals surface area contributed by atoms with Crippen LogP contribution in [0, 0.1) is 0 Å². The molecule has 2 fully saturated rings. The van der Waals surface area contributed by atoms with E-state index in [-0.39, 0.29) is 23.7 Å². The fourth-order valence-electron chi connectivity index (χ4n) is 24.1. The van der Waals surface area contributed by atoms with Crippen molar-refractivity contribution >= 4 is 77.7 Å². The van der Waals surface area contributed by atoms with Gasteiger partial charge in [0.15, 0.2) is 0 Å². The Kier molecular flexibility index (Phi) is 13.8. The topological polar surface area (TPSA) is 36.9 Å². The Morgan fingerprint density at radius 1 is 0.303 bits per heavy atom. The predicted octanol–water partition coefficient (Wildman–Crippen LogP) is 23.4. The Labute approximate surface area is 589 Å². The van der Waals surface area contributed by atoms with Crippen LogP contribution in [-0.4, -0.2) is 46.0 Å². The second-order valence-corrected chi connectivity index (χ2v) is 69.7. The summed E-state index contributed by atoms with van der Waals surface area (Å²) in [6.07, 6.45) is 49.2. The molecule has 8 aliphatic carbocycles. The quantitative estimate of drug-likeness (QED) is 0.142. The predicted molar refractivity (Wildman–Crippen MR) is 418 cm³/mol. The summed E-state index contributed by atoms with van der Waals surface area (Å²) in [6.45, 7) is 15.5. The Balaban J connectivity index is 0.989. The first kappa shape index (κ1) is 63.0. The molecule has 5 spiro atoms. The van der Waals surface area contributed by atoms with E-state index in [1.165, 1.54) is 111 Å². The molecule has 0 radical (unpaired) electrons. The second kappa shape index (κ2) is 21.6. The second-order valence-electron chi connectivity index (χ2n) is 29.8. The maximum absolute atomic E-state index is 11.6. The number of ether oxygens (including phenoxy) is 4. The molecule has 18 rings (SSSR count). The SMILES string of the molecule is COc1ccc2cc(C3C=CC=CC4=C3C=C(C)[C]43[SiH](C)[C]4(C(C)=CC5=C4C=CC=CC5c4ccc5cc(OC)ccc5c4)[Zr]34([Cl])([Cl])[C]3(C(C)=CC5=C3C=CC=CC5c3ccc5cc(OC)ccc5c3)[SiH](C)[C]43C(C)=CC4=C3C=CC=CC4c3ccc4cc(OC)ccc4c3)ccc2c1. The molecule has 10 aliphatic rings. The molecule has 4 nitrogen and oxygen atoms in total. The molecule has 490 valence electrons. The van der Waals surface area contributed by atoms with Gasteiger partial charge in [-0.15, -0.1) is 0 Å². The molecule has 0 saturated carbocycles. The number of hydrogen-bond acceptors (Lipinski definition) is 4. The fraction of sp³-hybridized carbons (Fsp3) is 0.200. The minimum absolute atomic E-state index is 0.101. The van der Waals surface area contributed by atoms with Gasteiger partial charge in [0.1, 0.15) is 0 Å². The average molecular weight is 1440 g/mol. The molecule has 9 heteroatoms. The summed E-state index contributed by atoms with van der Waals surface area (Å²) in [5, 5.41) is 9.29. The van der Waals surface area contributed by atoms with E-state index in [9.17, 15) is 17.0 Å². The molecular weight excluding hydrogens is 1360 g/mol. The first-order chi connectivity index (χ1) is 48.0. The van der Waals surface area contributed by atoms with Gasteiger partial charge in [-0.1, -0.05) is 0 Å². The summed E-state index contributed by atoms with van der Waals surface area (Å²) in [5.41, 5.74) is 20.9. The first-order valence-electron chi connectivity index (χ1n) is 35.1. The van der Waals surface area contributed by atoms with Gasteiger partial charge in [-0.2, -0.15) is 0 Å². The summed E-state index contributed by atoms with van der Waals surface area (Å²) < 4.78 is 20.0. The number of fused-ring (bicyclic) bond motifs is 12. The molecule has 2 heterocycles. The van der Waals surface area contributed by atoms with Crippen LogP contribution >= 0.6 is 17.0 Å². The molecule has 0 amide bonds. The van der Waals surface area contributed by atoms with Crippen LogP contribution in [0.15, 0.2) is 334 Å². The zero-order chi connectivity index (χ0) is 68.0. The summed E-state index contributed by atoms with van der Waals surface area (Å²) in [5.74, 6) is 2.99. The number of rotatable bonds is 8.